The number of anilines is 1. The van der Waals surface area contributed by atoms with E-state index in [1.165, 1.54) is 11.3 Å². The van der Waals surface area contributed by atoms with Gasteiger partial charge >= 0.3 is 0 Å². The van der Waals surface area contributed by atoms with E-state index >= 15 is 0 Å². The van der Waals surface area contributed by atoms with Crippen LogP contribution in [0.1, 0.15) is 19.4 Å². The Balaban J connectivity index is 2.53. The van der Waals surface area contributed by atoms with Crippen molar-refractivity contribution in [3.8, 4) is 0 Å². The fourth-order valence-electron chi connectivity index (χ4n) is 1.88. The van der Waals surface area contributed by atoms with Gasteiger partial charge in [-0.15, -0.1) is 0 Å². The maximum atomic E-state index is 4.05. The van der Waals surface area contributed by atoms with Crippen LogP contribution in [0.2, 0.25) is 0 Å². The number of fused-ring (bicyclic) bond motifs is 1. The summed E-state index contributed by atoms with van der Waals surface area (Å²) in [4.78, 5) is 2.26. The third-order valence-corrected chi connectivity index (χ3v) is 2.48. The van der Waals surface area contributed by atoms with Crippen molar-refractivity contribution in [2.75, 3.05) is 4.90 Å². The van der Waals surface area contributed by atoms with Gasteiger partial charge in [0.1, 0.15) is 0 Å². The van der Waals surface area contributed by atoms with Crippen LogP contribution in [0.25, 0.3) is 6.08 Å². The molecule has 1 aliphatic rings. The number of nitrogens with zero attached hydrogens (tertiary/aromatic N) is 1. The number of benzene rings is 1. The Bertz CT molecular complexity index is 388. The van der Waals surface area contributed by atoms with Crippen molar-refractivity contribution in [3.63, 3.8) is 0 Å². The molecular formula is C13H15N. The van der Waals surface area contributed by atoms with Crippen LogP contribution in [0.15, 0.2) is 42.6 Å². The molecule has 0 N–H and O–H groups in total. The molecule has 0 fully saturated rings. The highest BCUT2D eigenvalue weighted by atomic mass is 15.2. The first-order valence-electron chi connectivity index (χ1n) is 4.95. The van der Waals surface area contributed by atoms with E-state index in [1.54, 1.807) is 0 Å². The molecule has 0 amide bonds. The van der Waals surface area contributed by atoms with Gasteiger partial charge in [0.05, 0.1) is 0 Å². The monoisotopic (exact) mass is 185 g/mol. The molecule has 1 aromatic carbocycles. The van der Waals surface area contributed by atoms with Gasteiger partial charge < -0.3 is 4.90 Å². The lowest BCUT2D eigenvalue weighted by molar-refractivity contribution is 0.763. The molecule has 0 radical (unpaired) electrons. The minimum Gasteiger partial charge on any atom is -0.339 e. The molecule has 0 aliphatic carbocycles. The first kappa shape index (κ1) is 9.07. The summed E-state index contributed by atoms with van der Waals surface area (Å²) < 4.78 is 0. The summed E-state index contributed by atoms with van der Waals surface area (Å²) in [6, 6.07) is 8.86. The fraction of sp³-hybridized carbons (Fsp3) is 0.231. The molecule has 1 aliphatic heterocycles. The summed E-state index contributed by atoms with van der Waals surface area (Å²) in [7, 11) is 0. The largest absolute Gasteiger partial charge is 0.339 e. The lowest BCUT2D eigenvalue weighted by Crippen LogP contribution is -2.30. The SMILES string of the molecule is C=C1C=Cc2ccccc2N1C(C)C. The molecule has 1 heterocycles. The molecule has 72 valence electrons. The molecule has 0 unspecified atom stereocenters. The highest BCUT2D eigenvalue weighted by Crippen LogP contribution is 2.31. The summed E-state index contributed by atoms with van der Waals surface area (Å²) in [5.74, 6) is 0. The van der Waals surface area contributed by atoms with E-state index < -0.39 is 0 Å². The van der Waals surface area contributed by atoms with E-state index in [0.717, 1.165) is 5.70 Å². The van der Waals surface area contributed by atoms with Crippen molar-refractivity contribution in [3.05, 3.63) is 48.2 Å². The van der Waals surface area contributed by atoms with Gasteiger partial charge in [-0.25, -0.2) is 0 Å². The van der Waals surface area contributed by atoms with Crippen molar-refractivity contribution >= 4 is 11.8 Å². The normalized spacial score (nSPS) is 14.8. The quantitative estimate of drug-likeness (QED) is 0.647. The summed E-state index contributed by atoms with van der Waals surface area (Å²) in [5, 5.41) is 0. The second-order valence-corrected chi connectivity index (χ2v) is 3.85. The van der Waals surface area contributed by atoms with Crippen LogP contribution in [-0.4, -0.2) is 6.04 Å². The predicted molar refractivity (Wildman–Crippen MR) is 62.2 cm³/mol. The molecule has 0 bridgehead atoms. The predicted octanol–water partition coefficient (Wildman–Crippen LogP) is 3.44. The van der Waals surface area contributed by atoms with E-state index in [0.29, 0.717) is 6.04 Å². The molecular weight excluding hydrogens is 170 g/mol. The highest BCUT2D eigenvalue weighted by molar-refractivity contribution is 5.76. The molecule has 1 aromatic rings. The average molecular weight is 185 g/mol. The molecule has 1 nitrogen and oxygen atoms in total. The zero-order chi connectivity index (χ0) is 10.1. The summed E-state index contributed by atoms with van der Waals surface area (Å²) >= 11 is 0. The fourth-order valence-corrected chi connectivity index (χ4v) is 1.88. The lowest BCUT2D eigenvalue weighted by atomic mass is 10.0. The molecule has 0 aromatic heterocycles. The molecule has 0 saturated carbocycles. The zero-order valence-corrected chi connectivity index (χ0v) is 8.70. The Morgan fingerprint density at radius 2 is 1.86 bits per heavy atom. The topological polar surface area (TPSA) is 3.24 Å². The number of rotatable bonds is 1. The van der Waals surface area contributed by atoms with Gasteiger partial charge in [-0.2, -0.15) is 0 Å². The van der Waals surface area contributed by atoms with Crippen LogP contribution >= 0.6 is 0 Å². The second-order valence-electron chi connectivity index (χ2n) is 3.85. The van der Waals surface area contributed by atoms with Crippen LogP contribution < -0.4 is 4.90 Å². The van der Waals surface area contributed by atoms with Gasteiger partial charge in [0.2, 0.25) is 0 Å². The van der Waals surface area contributed by atoms with Gasteiger partial charge in [0.15, 0.2) is 0 Å². The van der Waals surface area contributed by atoms with Gasteiger partial charge in [-0.05, 0) is 31.6 Å². The van der Waals surface area contributed by atoms with Crippen LogP contribution in [0.5, 0.6) is 0 Å². The zero-order valence-electron chi connectivity index (χ0n) is 8.70. The van der Waals surface area contributed by atoms with Crippen LogP contribution in [-0.2, 0) is 0 Å². The van der Waals surface area contributed by atoms with E-state index in [2.05, 4.69) is 61.7 Å². The summed E-state index contributed by atoms with van der Waals surface area (Å²) in [6.45, 7) is 8.42. The van der Waals surface area contributed by atoms with Crippen molar-refractivity contribution < 1.29 is 0 Å². The Hall–Kier alpha value is -1.50. The Morgan fingerprint density at radius 1 is 1.14 bits per heavy atom. The van der Waals surface area contributed by atoms with Crippen molar-refractivity contribution in [2.45, 2.75) is 19.9 Å². The number of allylic oxidation sites excluding steroid dienone is 1. The highest BCUT2D eigenvalue weighted by Gasteiger charge is 2.17. The van der Waals surface area contributed by atoms with Gasteiger partial charge in [0.25, 0.3) is 0 Å². The smallest absolute Gasteiger partial charge is 0.0486 e. The van der Waals surface area contributed by atoms with E-state index in [9.17, 15) is 0 Å². The molecule has 0 saturated heterocycles. The number of hydrogen-bond acceptors (Lipinski definition) is 1. The molecule has 1 heteroatoms. The van der Waals surface area contributed by atoms with Crippen LogP contribution in [0.3, 0.4) is 0 Å². The van der Waals surface area contributed by atoms with Gasteiger partial charge in [-0.1, -0.05) is 30.9 Å². The Labute approximate surface area is 85.4 Å². The standard InChI is InChI=1S/C13H15N/c1-10(2)14-11(3)8-9-12-6-4-5-7-13(12)14/h4-10H,3H2,1-2H3. The average Bonchev–Trinajstić information content (AvgIpc) is 2.17. The maximum Gasteiger partial charge on any atom is 0.0486 e. The number of para-hydroxylation sites is 1. The maximum absolute atomic E-state index is 4.05. The van der Waals surface area contributed by atoms with Crippen LogP contribution in [0, 0.1) is 0 Å². The van der Waals surface area contributed by atoms with E-state index in [4.69, 9.17) is 0 Å². The van der Waals surface area contributed by atoms with Crippen molar-refractivity contribution in [1.82, 2.24) is 0 Å². The van der Waals surface area contributed by atoms with Crippen molar-refractivity contribution in [2.24, 2.45) is 0 Å². The number of hydrogen-bond donors (Lipinski definition) is 0. The summed E-state index contributed by atoms with van der Waals surface area (Å²) in [6.07, 6.45) is 4.19. The Morgan fingerprint density at radius 3 is 2.57 bits per heavy atom. The van der Waals surface area contributed by atoms with Crippen molar-refractivity contribution in [1.29, 1.82) is 0 Å². The second kappa shape index (κ2) is 3.33. The Kier molecular flexibility index (Phi) is 2.16. The third kappa shape index (κ3) is 1.35. The molecule has 0 atom stereocenters. The third-order valence-electron chi connectivity index (χ3n) is 2.48. The van der Waals surface area contributed by atoms with Crippen LogP contribution in [0.4, 0.5) is 5.69 Å². The minimum atomic E-state index is 0.452. The van der Waals surface area contributed by atoms with E-state index in [1.807, 2.05) is 0 Å². The van der Waals surface area contributed by atoms with Gasteiger partial charge in [-0.3, -0.25) is 0 Å². The van der Waals surface area contributed by atoms with E-state index in [-0.39, 0.29) is 0 Å². The molecule has 0 spiro atoms. The molecule has 14 heavy (non-hydrogen) atoms. The minimum absolute atomic E-state index is 0.452. The van der Waals surface area contributed by atoms with Gasteiger partial charge in [0, 0.05) is 17.4 Å². The summed E-state index contributed by atoms with van der Waals surface area (Å²) in [5.41, 5.74) is 3.60. The lowest BCUT2D eigenvalue weighted by Gasteiger charge is -2.33. The first-order valence-corrected chi connectivity index (χ1v) is 4.95. The first-order chi connectivity index (χ1) is 6.70. The molecule has 2 rings (SSSR count).